The molecule has 11 aromatic rings. The standard InChI is InChI=1S/C54H35NO2/c1-2-18-36(19-3-1)37-20-4-5-21-38(37)39-22-6-7-23-40(39)41-24-8-12-30-47(41)55(49-32-17-35-52-53(49)46-27-11-15-34-51(46)56-52)48-31-13-9-25-42(48)44-28-16-29-45-43-26-10-14-33-50(43)57-54(44)45/h1-35H. The number of benzene rings is 9. The molecule has 268 valence electrons. The fraction of sp³-hybridized carbons (Fsp3) is 0. The zero-order chi connectivity index (χ0) is 37.7. The smallest absolute Gasteiger partial charge is 0.143 e. The Balaban J connectivity index is 1.20. The van der Waals surface area contributed by atoms with Gasteiger partial charge in [-0.25, -0.2) is 0 Å². The molecular formula is C54H35NO2. The molecule has 0 saturated carbocycles. The number of nitrogens with zero attached hydrogens (tertiary/aromatic N) is 1. The molecule has 0 N–H and O–H groups in total. The Hall–Kier alpha value is -7.62. The summed E-state index contributed by atoms with van der Waals surface area (Å²) in [5.41, 5.74) is 15.6. The van der Waals surface area contributed by atoms with Gasteiger partial charge in [-0.1, -0.05) is 176 Å². The Kier molecular flexibility index (Phi) is 7.82. The summed E-state index contributed by atoms with van der Waals surface area (Å²) in [5.74, 6) is 0. The first-order chi connectivity index (χ1) is 28.3. The Morgan fingerprint density at radius 1 is 0.263 bits per heavy atom. The van der Waals surface area contributed by atoms with Gasteiger partial charge in [0.05, 0.1) is 22.4 Å². The predicted octanol–water partition coefficient (Wildman–Crippen LogP) is 15.6. The summed E-state index contributed by atoms with van der Waals surface area (Å²) >= 11 is 0. The summed E-state index contributed by atoms with van der Waals surface area (Å²) in [6, 6.07) is 75.1. The van der Waals surface area contributed by atoms with Crippen molar-refractivity contribution in [3.05, 3.63) is 212 Å². The van der Waals surface area contributed by atoms with Crippen LogP contribution in [0.5, 0.6) is 0 Å². The second kappa shape index (κ2) is 13.6. The summed E-state index contributed by atoms with van der Waals surface area (Å²) in [5, 5.41) is 4.33. The SMILES string of the molecule is c1ccc(-c2ccccc2-c2ccccc2-c2ccccc2N(c2ccccc2-c2cccc3c2oc2ccccc23)c2cccc3oc4ccccc4c23)cc1. The Labute approximate surface area is 330 Å². The highest BCUT2D eigenvalue weighted by molar-refractivity contribution is 6.16. The van der Waals surface area contributed by atoms with Crippen LogP contribution in [0.3, 0.4) is 0 Å². The maximum atomic E-state index is 6.67. The van der Waals surface area contributed by atoms with Gasteiger partial charge in [0, 0.05) is 32.8 Å². The monoisotopic (exact) mass is 729 g/mol. The summed E-state index contributed by atoms with van der Waals surface area (Å²) in [4.78, 5) is 2.43. The minimum atomic E-state index is 0.838. The van der Waals surface area contributed by atoms with Crippen LogP contribution in [0.2, 0.25) is 0 Å². The molecule has 2 heterocycles. The van der Waals surface area contributed by atoms with E-state index < -0.39 is 0 Å². The van der Waals surface area contributed by atoms with Crippen LogP contribution in [0.15, 0.2) is 221 Å². The zero-order valence-electron chi connectivity index (χ0n) is 31.0. The highest BCUT2D eigenvalue weighted by atomic mass is 16.3. The average Bonchev–Trinajstić information content (AvgIpc) is 3.86. The van der Waals surface area contributed by atoms with Gasteiger partial charge in [0.25, 0.3) is 0 Å². The normalized spacial score (nSPS) is 11.5. The largest absolute Gasteiger partial charge is 0.456 e. The molecule has 0 radical (unpaired) electrons. The molecule has 0 unspecified atom stereocenters. The van der Waals surface area contributed by atoms with E-state index in [-0.39, 0.29) is 0 Å². The van der Waals surface area contributed by atoms with Crippen molar-refractivity contribution in [2.24, 2.45) is 0 Å². The second-order valence-corrected chi connectivity index (χ2v) is 14.4. The van der Waals surface area contributed by atoms with Crippen molar-refractivity contribution < 1.29 is 8.83 Å². The highest BCUT2D eigenvalue weighted by Crippen LogP contribution is 2.51. The van der Waals surface area contributed by atoms with Crippen LogP contribution < -0.4 is 4.90 Å². The van der Waals surface area contributed by atoms with Crippen molar-refractivity contribution in [2.75, 3.05) is 4.90 Å². The van der Waals surface area contributed by atoms with Gasteiger partial charge in [-0.3, -0.25) is 0 Å². The molecule has 3 heteroatoms. The van der Waals surface area contributed by atoms with E-state index in [1.165, 1.54) is 16.7 Å². The van der Waals surface area contributed by atoms with E-state index >= 15 is 0 Å². The van der Waals surface area contributed by atoms with Gasteiger partial charge in [0.2, 0.25) is 0 Å². The first-order valence-electron chi connectivity index (χ1n) is 19.4. The van der Waals surface area contributed by atoms with Gasteiger partial charge in [-0.15, -0.1) is 0 Å². The molecule has 0 aliphatic carbocycles. The van der Waals surface area contributed by atoms with E-state index in [0.717, 1.165) is 88.8 Å². The number of anilines is 3. The molecule has 0 fully saturated rings. The fourth-order valence-corrected chi connectivity index (χ4v) is 8.62. The van der Waals surface area contributed by atoms with E-state index in [1.807, 2.05) is 24.3 Å². The van der Waals surface area contributed by atoms with Crippen LogP contribution in [0.4, 0.5) is 17.1 Å². The maximum Gasteiger partial charge on any atom is 0.143 e. The second-order valence-electron chi connectivity index (χ2n) is 14.4. The van der Waals surface area contributed by atoms with E-state index in [4.69, 9.17) is 8.83 Å². The number of hydrogen-bond acceptors (Lipinski definition) is 3. The average molecular weight is 730 g/mol. The van der Waals surface area contributed by atoms with Crippen molar-refractivity contribution in [3.8, 4) is 44.5 Å². The summed E-state index contributed by atoms with van der Waals surface area (Å²) in [6.45, 7) is 0. The van der Waals surface area contributed by atoms with Crippen LogP contribution in [-0.2, 0) is 0 Å². The molecule has 0 aliphatic rings. The third kappa shape index (κ3) is 5.43. The first kappa shape index (κ1) is 32.8. The van der Waals surface area contributed by atoms with Gasteiger partial charge < -0.3 is 13.7 Å². The fourth-order valence-electron chi connectivity index (χ4n) is 8.62. The summed E-state index contributed by atoms with van der Waals surface area (Å²) < 4.78 is 13.2. The van der Waals surface area contributed by atoms with Gasteiger partial charge in [0.1, 0.15) is 22.3 Å². The molecule has 0 amide bonds. The predicted molar refractivity (Wildman–Crippen MR) is 237 cm³/mol. The van der Waals surface area contributed by atoms with E-state index in [0.29, 0.717) is 0 Å². The molecule has 3 nitrogen and oxygen atoms in total. The molecule has 0 spiro atoms. The Morgan fingerprint density at radius 3 is 1.42 bits per heavy atom. The highest BCUT2D eigenvalue weighted by Gasteiger charge is 2.26. The van der Waals surface area contributed by atoms with Gasteiger partial charge in [0.15, 0.2) is 0 Å². The lowest BCUT2D eigenvalue weighted by atomic mass is 9.88. The lowest BCUT2D eigenvalue weighted by Gasteiger charge is -2.31. The summed E-state index contributed by atoms with van der Waals surface area (Å²) in [6.07, 6.45) is 0. The quantitative estimate of drug-likeness (QED) is 0.164. The van der Waals surface area contributed by atoms with Crippen LogP contribution >= 0.6 is 0 Å². The Morgan fingerprint density at radius 2 is 0.702 bits per heavy atom. The molecule has 2 aromatic heterocycles. The van der Waals surface area contributed by atoms with Crippen LogP contribution in [0.1, 0.15) is 0 Å². The minimum Gasteiger partial charge on any atom is -0.456 e. The Bertz CT molecular complexity index is 3260. The van der Waals surface area contributed by atoms with Gasteiger partial charge >= 0.3 is 0 Å². The molecular weight excluding hydrogens is 695 g/mol. The van der Waals surface area contributed by atoms with Crippen LogP contribution in [0, 0.1) is 0 Å². The van der Waals surface area contributed by atoms with Crippen LogP contribution in [-0.4, -0.2) is 0 Å². The lowest BCUT2D eigenvalue weighted by Crippen LogP contribution is -2.13. The van der Waals surface area contributed by atoms with Crippen molar-refractivity contribution in [1.82, 2.24) is 0 Å². The lowest BCUT2D eigenvalue weighted by molar-refractivity contribution is 0.669. The van der Waals surface area contributed by atoms with Crippen molar-refractivity contribution in [2.45, 2.75) is 0 Å². The number of fused-ring (bicyclic) bond motifs is 6. The van der Waals surface area contributed by atoms with Gasteiger partial charge in [-0.2, -0.15) is 0 Å². The minimum absolute atomic E-state index is 0.838. The van der Waals surface area contributed by atoms with E-state index in [9.17, 15) is 0 Å². The molecule has 0 saturated heterocycles. The summed E-state index contributed by atoms with van der Waals surface area (Å²) in [7, 11) is 0. The van der Waals surface area contributed by atoms with Crippen molar-refractivity contribution >= 4 is 60.9 Å². The van der Waals surface area contributed by atoms with E-state index in [1.54, 1.807) is 0 Å². The molecule has 9 aromatic carbocycles. The molecule has 57 heavy (non-hydrogen) atoms. The number of hydrogen-bond donors (Lipinski definition) is 0. The number of rotatable bonds is 7. The van der Waals surface area contributed by atoms with Gasteiger partial charge in [-0.05, 0) is 64.2 Å². The third-order valence-corrected chi connectivity index (χ3v) is 11.1. The first-order valence-corrected chi connectivity index (χ1v) is 19.4. The van der Waals surface area contributed by atoms with E-state index in [2.05, 4.69) is 193 Å². The maximum absolute atomic E-state index is 6.67. The molecule has 0 atom stereocenters. The molecule has 11 rings (SSSR count). The van der Waals surface area contributed by atoms with Crippen molar-refractivity contribution in [3.63, 3.8) is 0 Å². The van der Waals surface area contributed by atoms with Crippen LogP contribution in [0.25, 0.3) is 88.4 Å². The molecule has 0 aliphatic heterocycles. The molecule has 0 bridgehead atoms. The number of para-hydroxylation sites is 5. The number of furan rings is 2. The third-order valence-electron chi connectivity index (χ3n) is 11.1. The zero-order valence-corrected chi connectivity index (χ0v) is 31.0. The topological polar surface area (TPSA) is 29.5 Å². The van der Waals surface area contributed by atoms with Crippen molar-refractivity contribution in [1.29, 1.82) is 0 Å².